The van der Waals surface area contributed by atoms with Gasteiger partial charge in [0.25, 0.3) is 11.1 Å². The Labute approximate surface area is 315 Å². The SMILES string of the molecule is CC(C)Oc1cc(C(=O)NS(=O)(=O)N2CCCCC2)cc2sc(O[C@@H]3CO[C@H]4[C@@H]3OC[C@H]4OCc3c(-c4c(Cl)cccc4Cl)noc3C3CC3)nc12. The molecule has 4 aliphatic rings. The summed E-state index contributed by atoms with van der Waals surface area (Å²) in [6, 6.07) is 8.43. The van der Waals surface area contributed by atoms with Gasteiger partial charge in [0, 0.05) is 35.7 Å². The van der Waals surface area contributed by atoms with Crippen molar-refractivity contribution in [1.29, 1.82) is 0 Å². The highest BCUT2D eigenvalue weighted by Crippen LogP contribution is 2.46. The van der Waals surface area contributed by atoms with Crippen molar-refractivity contribution < 1.29 is 41.4 Å². The molecule has 3 saturated heterocycles. The molecule has 4 aromatic rings. The number of hydrogen-bond donors (Lipinski definition) is 1. The van der Waals surface area contributed by atoms with Gasteiger partial charge in [-0.1, -0.05) is 52.2 Å². The number of halogens is 2. The fourth-order valence-corrected chi connectivity index (χ4v) is 9.61. The molecule has 3 aliphatic heterocycles. The van der Waals surface area contributed by atoms with E-state index in [1.807, 2.05) is 13.8 Å². The zero-order valence-corrected chi connectivity index (χ0v) is 31.7. The molecule has 8 rings (SSSR count). The number of carbonyl (C=O) groups excluding carboxylic acids is 1. The number of rotatable bonds is 12. The van der Waals surface area contributed by atoms with Crippen molar-refractivity contribution in [2.24, 2.45) is 0 Å². The van der Waals surface area contributed by atoms with E-state index < -0.39 is 28.3 Å². The highest BCUT2D eigenvalue weighted by molar-refractivity contribution is 7.87. The monoisotopic (exact) mass is 792 g/mol. The molecular weight excluding hydrogens is 755 g/mol. The van der Waals surface area contributed by atoms with Crippen molar-refractivity contribution in [2.75, 3.05) is 26.3 Å². The Morgan fingerprint density at radius 1 is 1.06 bits per heavy atom. The quantitative estimate of drug-likeness (QED) is 0.167. The molecule has 4 atom stereocenters. The molecule has 1 saturated carbocycles. The maximum atomic E-state index is 13.2. The van der Waals surface area contributed by atoms with Crippen LogP contribution in [-0.4, -0.2) is 85.6 Å². The summed E-state index contributed by atoms with van der Waals surface area (Å²) >= 11 is 14.3. The van der Waals surface area contributed by atoms with Gasteiger partial charge in [0.1, 0.15) is 41.0 Å². The molecule has 0 spiro atoms. The van der Waals surface area contributed by atoms with Crippen LogP contribution in [0.4, 0.5) is 0 Å². The number of hydrogen-bond acceptors (Lipinski definition) is 12. The summed E-state index contributed by atoms with van der Waals surface area (Å²) in [5.41, 5.74) is 2.64. The van der Waals surface area contributed by atoms with Crippen LogP contribution in [0.15, 0.2) is 34.9 Å². The summed E-state index contributed by atoms with van der Waals surface area (Å²) in [5, 5.41) is 5.65. The number of nitrogens with zero attached hydrogens (tertiary/aromatic N) is 3. The van der Waals surface area contributed by atoms with Gasteiger partial charge in [-0.25, -0.2) is 4.72 Å². The van der Waals surface area contributed by atoms with Gasteiger partial charge < -0.3 is 28.2 Å². The molecule has 4 fully saturated rings. The normalized spacial score (nSPS) is 23.7. The van der Waals surface area contributed by atoms with E-state index in [-0.39, 0.29) is 43.0 Å². The molecule has 1 N–H and O–H groups in total. The zero-order valence-electron chi connectivity index (χ0n) is 28.5. The minimum atomic E-state index is -3.98. The molecule has 52 heavy (non-hydrogen) atoms. The van der Waals surface area contributed by atoms with Gasteiger partial charge in [-0.15, -0.1) is 0 Å². The number of aromatic nitrogens is 2. The van der Waals surface area contributed by atoms with E-state index in [1.54, 1.807) is 24.3 Å². The van der Waals surface area contributed by atoms with Crippen LogP contribution in [0.2, 0.25) is 10.0 Å². The van der Waals surface area contributed by atoms with Gasteiger partial charge in [-0.2, -0.15) is 17.7 Å². The number of fused-ring (bicyclic) bond motifs is 2. The highest BCUT2D eigenvalue weighted by Gasteiger charge is 2.50. The minimum Gasteiger partial charge on any atom is -0.489 e. The van der Waals surface area contributed by atoms with Crippen LogP contribution >= 0.6 is 34.5 Å². The largest absolute Gasteiger partial charge is 0.489 e. The summed E-state index contributed by atoms with van der Waals surface area (Å²) in [7, 11) is -3.98. The Morgan fingerprint density at radius 2 is 1.77 bits per heavy atom. The van der Waals surface area contributed by atoms with Crippen molar-refractivity contribution in [3.8, 4) is 22.2 Å². The van der Waals surface area contributed by atoms with Gasteiger partial charge in [0.2, 0.25) is 0 Å². The lowest BCUT2D eigenvalue weighted by Gasteiger charge is -2.25. The standard InChI is InChI=1S/C35H38Cl2N4O9S2/c1-18(2)48-24-13-20(34(42)40-52(43,44)41-11-4-3-5-12-41)14-27-30(24)38-35(51-27)49-26-17-47-32-25(16-46-33(26)32)45-15-21-29(39-50-31(21)19-9-10-19)28-22(36)7-6-8-23(28)37/h6-8,13-14,18-19,25-26,32-33H,3-5,9-12,15-17H2,1-2H3,(H,40,42)/t25-,26-,32-,33-/m1/s1. The van der Waals surface area contributed by atoms with E-state index >= 15 is 0 Å². The topological polar surface area (TPSA) is 152 Å². The van der Waals surface area contributed by atoms with Gasteiger partial charge in [-0.05, 0) is 63.8 Å². The Morgan fingerprint density at radius 3 is 2.48 bits per heavy atom. The first-order valence-corrected chi connectivity index (χ1v) is 20.4. The van der Waals surface area contributed by atoms with Gasteiger partial charge in [0.05, 0.1) is 40.7 Å². The van der Waals surface area contributed by atoms with Crippen LogP contribution < -0.4 is 14.2 Å². The number of nitrogens with one attached hydrogen (secondary N) is 1. The van der Waals surface area contributed by atoms with Crippen LogP contribution in [0.1, 0.15) is 73.6 Å². The molecule has 1 aliphatic carbocycles. The zero-order chi connectivity index (χ0) is 36.1. The molecule has 0 unspecified atom stereocenters. The van der Waals surface area contributed by atoms with Crippen molar-refractivity contribution in [3.05, 3.63) is 57.3 Å². The van der Waals surface area contributed by atoms with E-state index in [1.165, 1.54) is 21.7 Å². The fraction of sp³-hybridized carbons (Fsp3) is 0.514. The molecule has 0 bridgehead atoms. The van der Waals surface area contributed by atoms with Crippen molar-refractivity contribution in [2.45, 2.75) is 89.0 Å². The van der Waals surface area contributed by atoms with Crippen molar-refractivity contribution >= 4 is 60.9 Å². The summed E-state index contributed by atoms with van der Waals surface area (Å²) in [4.78, 5) is 17.9. The Balaban J connectivity index is 0.964. The van der Waals surface area contributed by atoms with E-state index in [0.717, 1.165) is 43.4 Å². The first kappa shape index (κ1) is 36.0. The number of benzene rings is 2. The van der Waals surface area contributed by atoms with Gasteiger partial charge in [-0.3, -0.25) is 4.79 Å². The molecule has 5 heterocycles. The summed E-state index contributed by atoms with van der Waals surface area (Å²) in [6.45, 7) is 5.24. The lowest BCUT2D eigenvalue weighted by Crippen LogP contribution is -2.45. The fourth-order valence-electron chi connectivity index (χ4n) is 6.89. The number of carbonyl (C=O) groups is 1. The first-order chi connectivity index (χ1) is 25.1. The number of piperidine rings is 1. The van der Waals surface area contributed by atoms with Gasteiger partial charge in [0.15, 0.2) is 6.10 Å². The molecule has 13 nitrogen and oxygen atoms in total. The Bertz CT molecular complexity index is 2060. The lowest BCUT2D eigenvalue weighted by atomic mass is 10.0. The van der Waals surface area contributed by atoms with Gasteiger partial charge >= 0.3 is 10.2 Å². The number of ether oxygens (including phenoxy) is 5. The predicted octanol–water partition coefficient (Wildman–Crippen LogP) is 6.51. The average molecular weight is 794 g/mol. The molecule has 2 aromatic carbocycles. The van der Waals surface area contributed by atoms with Crippen molar-refractivity contribution in [3.63, 3.8) is 0 Å². The maximum absolute atomic E-state index is 13.2. The lowest BCUT2D eigenvalue weighted by molar-refractivity contribution is -0.0428. The van der Waals surface area contributed by atoms with Crippen LogP contribution in [-0.2, 0) is 31.0 Å². The Hall–Kier alpha value is -3.02. The Kier molecular flexibility index (Phi) is 10.1. The van der Waals surface area contributed by atoms with Crippen LogP contribution in [0.25, 0.3) is 21.5 Å². The van der Waals surface area contributed by atoms with E-state index in [0.29, 0.717) is 62.2 Å². The van der Waals surface area contributed by atoms with E-state index in [4.69, 9.17) is 56.4 Å². The van der Waals surface area contributed by atoms with Crippen LogP contribution in [0.3, 0.4) is 0 Å². The third-order valence-electron chi connectivity index (χ3n) is 9.56. The van der Waals surface area contributed by atoms with E-state index in [9.17, 15) is 13.2 Å². The minimum absolute atomic E-state index is 0.139. The molecule has 278 valence electrons. The van der Waals surface area contributed by atoms with E-state index in [2.05, 4.69) is 9.88 Å². The molecular formula is C35H38Cl2N4O9S2. The summed E-state index contributed by atoms with van der Waals surface area (Å²) in [5.74, 6) is 0.678. The number of thiazole rings is 1. The van der Waals surface area contributed by atoms with Crippen molar-refractivity contribution in [1.82, 2.24) is 19.2 Å². The first-order valence-electron chi connectivity index (χ1n) is 17.4. The summed E-state index contributed by atoms with van der Waals surface area (Å²) < 4.78 is 66.9. The molecule has 2 aromatic heterocycles. The molecule has 0 radical (unpaired) electrons. The average Bonchev–Trinajstić information content (AvgIpc) is 3.39. The second kappa shape index (κ2) is 14.7. The third kappa shape index (κ3) is 7.26. The maximum Gasteiger partial charge on any atom is 0.304 e. The summed E-state index contributed by atoms with van der Waals surface area (Å²) in [6.07, 6.45) is 2.65. The molecule has 17 heteroatoms. The van der Waals surface area contributed by atoms with Crippen LogP contribution in [0, 0.1) is 0 Å². The predicted molar refractivity (Wildman–Crippen MR) is 194 cm³/mol. The highest BCUT2D eigenvalue weighted by atomic mass is 35.5. The number of amides is 1. The second-order valence-corrected chi connectivity index (χ2v) is 17.2. The second-order valence-electron chi connectivity index (χ2n) is 13.7. The third-order valence-corrected chi connectivity index (χ3v) is 12.6. The van der Waals surface area contributed by atoms with Crippen LogP contribution in [0.5, 0.6) is 10.9 Å². The molecule has 1 amide bonds. The smallest absolute Gasteiger partial charge is 0.304 e.